The fourth-order valence-electron chi connectivity index (χ4n) is 2.75. The summed E-state index contributed by atoms with van der Waals surface area (Å²) >= 11 is 0. The van der Waals surface area contributed by atoms with E-state index in [2.05, 4.69) is 6.08 Å². The number of carboxylic acids is 1. The summed E-state index contributed by atoms with van der Waals surface area (Å²) in [5, 5.41) is 9.22. The van der Waals surface area contributed by atoms with Crippen LogP contribution in [0.4, 0.5) is 0 Å². The molecule has 0 aromatic carbocycles. The molecule has 0 saturated heterocycles. The molecule has 2 rings (SSSR count). The Bertz CT molecular complexity index is 415. The third-order valence-corrected chi connectivity index (χ3v) is 3.83. The predicted octanol–water partition coefficient (Wildman–Crippen LogP) is 2.87. The normalized spacial score (nSPS) is 25.1. The second kappa shape index (κ2) is 4.86. The Morgan fingerprint density at radius 2 is 2.24 bits per heavy atom. The smallest absolute Gasteiger partial charge is 0.310 e. The van der Waals surface area contributed by atoms with Crippen molar-refractivity contribution in [2.45, 2.75) is 45.4 Å². The van der Waals surface area contributed by atoms with Crippen LogP contribution in [0.15, 0.2) is 22.8 Å². The lowest BCUT2D eigenvalue weighted by Gasteiger charge is -2.24. The summed E-state index contributed by atoms with van der Waals surface area (Å²) in [4.78, 5) is 22.9. The van der Waals surface area contributed by atoms with Gasteiger partial charge >= 0.3 is 5.97 Å². The van der Waals surface area contributed by atoms with Gasteiger partial charge in [0, 0.05) is 6.42 Å². The number of hydrogen-bond donors (Lipinski definition) is 1. The van der Waals surface area contributed by atoms with Crippen molar-refractivity contribution in [3.63, 3.8) is 0 Å². The molecule has 0 aliphatic heterocycles. The largest absolute Gasteiger partial charge is 0.481 e. The number of rotatable bonds is 3. The fourth-order valence-corrected chi connectivity index (χ4v) is 2.75. The highest BCUT2D eigenvalue weighted by molar-refractivity contribution is 5.98. The maximum Gasteiger partial charge on any atom is 0.310 e. The Hall–Kier alpha value is -1.38. The molecule has 0 heterocycles. The van der Waals surface area contributed by atoms with Crippen LogP contribution in [0.25, 0.3) is 0 Å². The summed E-state index contributed by atoms with van der Waals surface area (Å²) in [6.45, 7) is 1.78. The lowest BCUT2D eigenvalue weighted by atomic mass is 9.79. The molecule has 0 saturated carbocycles. The zero-order valence-electron chi connectivity index (χ0n) is 10.2. The molecule has 17 heavy (non-hydrogen) atoms. The molecule has 0 bridgehead atoms. The van der Waals surface area contributed by atoms with Gasteiger partial charge in [0.1, 0.15) is 0 Å². The molecule has 0 aromatic rings. The topological polar surface area (TPSA) is 54.4 Å². The van der Waals surface area contributed by atoms with Crippen LogP contribution in [0.3, 0.4) is 0 Å². The van der Waals surface area contributed by atoms with E-state index in [9.17, 15) is 14.7 Å². The molecule has 92 valence electrons. The zero-order chi connectivity index (χ0) is 12.4. The molecule has 0 fully saturated rings. The number of allylic oxidation sites excluding steroid dienone is 3. The average molecular weight is 234 g/mol. The van der Waals surface area contributed by atoms with E-state index >= 15 is 0 Å². The van der Waals surface area contributed by atoms with Crippen molar-refractivity contribution in [3.8, 4) is 0 Å². The average Bonchev–Trinajstić information content (AvgIpc) is 2.77. The van der Waals surface area contributed by atoms with Gasteiger partial charge in [-0.05, 0) is 50.2 Å². The van der Waals surface area contributed by atoms with Crippen molar-refractivity contribution in [3.05, 3.63) is 22.8 Å². The highest BCUT2D eigenvalue weighted by atomic mass is 16.4. The Balaban J connectivity index is 2.25. The predicted molar refractivity (Wildman–Crippen MR) is 64.6 cm³/mol. The van der Waals surface area contributed by atoms with Crippen LogP contribution in [0.5, 0.6) is 0 Å². The molecular formula is C14H18O3. The third-order valence-electron chi connectivity index (χ3n) is 3.83. The molecule has 2 aliphatic rings. The fraction of sp³-hybridized carbons (Fsp3) is 0.571. The van der Waals surface area contributed by atoms with Crippen LogP contribution >= 0.6 is 0 Å². The van der Waals surface area contributed by atoms with E-state index in [0.29, 0.717) is 24.8 Å². The molecule has 0 spiro atoms. The molecule has 2 aliphatic carbocycles. The summed E-state index contributed by atoms with van der Waals surface area (Å²) in [7, 11) is 0. The van der Waals surface area contributed by atoms with E-state index in [4.69, 9.17) is 0 Å². The standard InChI is InChI=1S/C14H18O3/c1-9-12(8-10-4-2-3-5-10)11(14(16)17)6-7-13(9)15/h4,11H,2-3,5-8H2,1H3,(H,16,17). The maximum atomic E-state index is 11.7. The van der Waals surface area contributed by atoms with Gasteiger partial charge in [0.15, 0.2) is 5.78 Å². The van der Waals surface area contributed by atoms with Crippen molar-refractivity contribution < 1.29 is 14.7 Å². The molecule has 3 heteroatoms. The van der Waals surface area contributed by atoms with Crippen molar-refractivity contribution in [2.24, 2.45) is 5.92 Å². The minimum absolute atomic E-state index is 0.121. The number of carbonyl (C=O) groups is 2. The summed E-state index contributed by atoms with van der Waals surface area (Å²) in [5.74, 6) is -1.12. The van der Waals surface area contributed by atoms with Crippen LogP contribution in [-0.2, 0) is 9.59 Å². The maximum absolute atomic E-state index is 11.7. The molecule has 0 radical (unpaired) electrons. The first-order valence-electron chi connectivity index (χ1n) is 6.23. The zero-order valence-corrected chi connectivity index (χ0v) is 10.2. The van der Waals surface area contributed by atoms with E-state index < -0.39 is 11.9 Å². The number of ketones is 1. The van der Waals surface area contributed by atoms with Crippen LogP contribution in [-0.4, -0.2) is 16.9 Å². The summed E-state index contributed by atoms with van der Waals surface area (Å²) in [6.07, 6.45) is 7.03. The number of carbonyl (C=O) groups excluding carboxylic acids is 1. The van der Waals surface area contributed by atoms with E-state index in [1.54, 1.807) is 6.92 Å². The van der Waals surface area contributed by atoms with Gasteiger partial charge in [-0.15, -0.1) is 0 Å². The van der Waals surface area contributed by atoms with Crippen LogP contribution in [0.1, 0.15) is 45.4 Å². The molecule has 1 atom stereocenters. The quantitative estimate of drug-likeness (QED) is 0.764. The van der Waals surface area contributed by atoms with Gasteiger partial charge in [0.25, 0.3) is 0 Å². The number of carboxylic acid groups (broad SMARTS) is 1. The minimum Gasteiger partial charge on any atom is -0.481 e. The summed E-state index contributed by atoms with van der Waals surface area (Å²) in [5.41, 5.74) is 2.85. The first kappa shape index (κ1) is 12.1. The number of Topliss-reactive ketones (excluding diaryl/α,β-unsaturated/α-hetero) is 1. The van der Waals surface area contributed by atoms with Gasteiger partial charge < -0.3 is 5.11 Å². The lowest BCUT2D eigenvalue weighted by molar-refractivity contribution is -0.141. The van der Waals surface area contributed by atoms with Gasteiger partial charge in [-0.2, -0.15) is 0 Å². The minimum atomic E-state index is -0.787. The van der Waals surface area contributed by atoms with Crippen molar-refractivity contribution in [1.82, 2.24) is 0 Å². The second-order valence-corrected chi connectivity index (χ2v) is 4.93. The van der Waals surface area contributed by atoms with Gasteiger partial charge in [0.2, 0.25) is 0 Å². The Kier molecular flexibility index (Phi) is 3.46. The van der Waals surface area contributed by atoms with Crippen molar-refractivity contribution >= 4 is 11.8 Å². The molecular weight excluding hydrogens is 216 g/mol. The monoisotopic (exact) mass is 234 g/mol. The van der Waals surface area contributed by atoms with E-state index in [0.717, 1.165) is 24.8 Å². The SMILES string of the molecule is CC1=C(CC2=CCCC2)C(C(=O)O)CCC1=O. The van der Waals surface area contributed by atoms with Crippen LogP contribution < -0.4 is 0 Å². The van der Waals surface area contributed by atoms with Gasteiger partial charge in [-0.3, -0.25) is 9.59 Å². The highest BCUT2D eigenvalue weighted by Gasteiger charge is 2.31. The molecule has 1 N–H and O–H groups in total. The Morgan fingerprint density at radius 1 is 1.47 bits per heavy atom. The number of aliphatic carboxylic acids is 1. The number of hydrogen-bond acceptors (Lipinski definition) is 2. The molecule has 0 amide bonds. The summed E-state index contributed by atoms with van der Waals surface area (Å²) in [6, 6.07) is 0. The molecule has 1 unspecified atom stereocenters. The second-order valence-electron chi connectivity index (χ2n) is 4.93. The van der Waals surface area contributed by atoms with Gasteiger partial charge in [-0.1, -0.05) is 11.6 Å². The van der Waals surface area contributed by atoms with E-state index in [-0.39, 0.29) is 5.78 Å². The highest BCUT2D eigenvalue weighted by Crippen LogP contribution is 2.35. The Labute approximate surface area is 101 Å². The van der Waals surface area contributed by atoms with Gasteiger partial charge in [0.05, 0.1) is 5.92 Å². The van der Waals surface area contributed by atoms with Gasteiger partial charge in [-0.25, -0.2) is 0 Å². The lowest BCUT2D eigenvalue weighted by Crippen LogP contribution is -2.25. The third kappa shape index (κ3) is 2.48. The van der Waals surface area contributed by atoms with Crippen molar-refractivity contribution in [1.29, 1.82) is 0 Å². The first-order chi connectivity index (χ1) is 8.09. The Morgan fingerprint density at radius 3 is 2.82 bits per heavy atom. The van der Waals surface area contributed by atoms with E-state index in [1.165, 1.54) is 5.57 Å². The van der Waals surface area contributed by atoms with E-state index in [1.807, 2.05) is 0 Å². The first-order valence-corrected chi connectivity index (χ1v) is 6.23. The van der Waals surface area contributed by atoms with Crippen molar-refractivity contribution in [2.75, 3.05) is 0 Å². The summed E-state index contributed by atoms with van der Waals surface area (Å²) < 4.78 is 0. The van der Waals surface area contributed by atoms with Crippen LogP contribution in [0, 0.1) is 5.92 Å². The van der Waals surface area contributed by atoms with Crippen LogP contribution in [0.2, 0.25) is 0 Å². The molecule has 0 aromatic heterocycles. The molecule has 3 nitrogen and oxygen atoms in total.